The van der Waals surface area contributed by atoms with E-state index >= 15 is 0 Å². The first-order chi connectivity index (χ1) is 10.1. The number of carboxylic acid groups (broad SMARTS) is 1. The summed E-state index contributed by atoms with van der Waals surface area (Å²) >= 11 is 0. The number of carbonyl (C=O) groups is 2. The highest BCUT2D eigenvalue weighted by Crippen LogP contribution is 2.19. The zero-order valence-corrected chi connectivity index (χ0v) is 11.6. The number of nitrogens with zero attached hydrogens (tertiary/aromatic N) is 2. The molecule has 2 aromatic rings. The summed E-state index contributed by atoms with van der Waals surface area (Å²) in [5.41, 5.74) is 1.82. The molecule has 6 heteroatoms. The monoisotopic (exact) mass is 287 g/mol. The Kier molecular flexibility index (Phi) is 3.60. The Morgan fingerprint density at radius 2 is 2.29 bits per heavy atom. The molecule has 6 nitrogen and oxygen atoms in total. The number of aromatic nitrogens is 2. The number of benzene rings is 1. The Bertz CT molecular complexity index is 680. The molecule has 1 aliphatic heterocycles. The van der Waals surface area contributed by atoms with Gasteiger partial charge >= 0.3 is 5.97 Å². The number of piperidine rings is 1. The maximum absolute atomic E-state index is 12.3. The number of fused-ring (bicyclic) bond motifs is 1. The number of H-pyrrole nitrogens is 1. The predicted octanol–water partition coefficient (Wildman–Crippen LogP) is 1.43. The van der Waals surface area contributed by atoms with Crippen LogP contribution < -0.4 is 0 Å². The van der Waals surface area contributed by atoms with Crippen molar-refractivity contribution >= 4 is 22.8 Å². The Hall–Kier alpha value is -2.37. The second-order valence-electron chi connectivity index (χ2n) is 5.49. The molecule has 0 aliphatic carbocycles. The van der Waals surface area contributed by atoms with Crippen molar-refractivity contribution in [3.63, 3.8) is 0 Å². The molecule has 0 bridgehead atoms. The summed E-state index contributed by atoms with van der Waals surface area (Å²) in [4.78, 5) is 25.0. The van der Waals surface area contributed by atoms with E-state index in [-0.39, 0.29) is 5.91 Å². The summed E-state index contributed by atoms with van der Waals surface area (Å²) in [6, 6.07) is 5.75. The number of hydrogen-bond donors (Lipinski definition) is 2. The van der Waals surface area contributed by atoms with Gasteiger partial charge in [0.1, 0.15) is 0 Å². The highest BCUT2D eigenvalue weighted by atomic mass is 16.4. The SMILES string of the molecule is O=C(O)C1CCCN(C(=O)Cc2ccc3cn[nH]c3c2)C1. The van der Waals surface area contributed by atoms with Crippen LogP contribution in [-0.4, -0.2) is 45.2 Å². The largest absolute Gasteiger partial charge is 0.481 e. The van der Waals surface area contributed by atoms with E-state index in [2.05, 4.69) is 10.2 Å². The van der Waals surface area contributed by atoms with Crippen molar-refractivity contribution in [3.05, 3.63) is 30.0 Å². The molecule has 1 aromatic carbocycles. The standard InChI is InChI=1S/C15H17N3O3/c19-14(18-5-1-2-12(9-18)15(20)21)7-10-3-4-11-8-16-17-13(11)6-10/h3-4,6,8,12H,1-2,5,7,9H2,(H,16,17)(H,20,21). The minimum absolute atomic E-state index is 0.0141. The third-order valence-corrected chi connectivity index (χ3v) is 3.99. The number of hydrogen-bond acceptors (Lipinski definition) is 3. The molecule has 0 saturated carbocycles. The predicted molar refractivity (Wildman–Crippen MR) is 76.7 cm³/mol. The van der Waals surface area contributed by atoms with Crippen LogP contribution in [0.4, 0.5) is 0 Å². The van der Waals surface area contributed by atoms with Crippen LogP contribution in [0.1, 0.15) is 18.4 Å². The number of carbonyl (C=O) groups excluding carboxylic acids is 1. The lowest BCUT2D eigenvalue weighted by Gasteiger charge is -2.30. The number of rotatable bonds is 3. The summed E-state index contributed by atoms with van der Waals surface area (Å²) in [6.07, 6.45) is 3.44. The average Bonchev–Trinajstić information content (AvgIpc) is 2.95. The zero-order chi connectivity index (χ0) is 14.8. The number of aromatic amines is 1. The molecule has 1 saturated heterocycles. The van der Waals surface area contributed by atoms with Gasteiger partial charge in [0.2, 0.25) is 5.91 Å². The van der Waals surface area contributed by atoms with Gasteiger partial charge in [0.15, 0.2) is 0 Å². The Morgan fingerprint density at radius 3 is 3.10 bits per heavy atom. The van der Waals surface area contributed by atoms with E-state index in [1.165, 1.54) is 0 Å². The van der Waals surface area contributed by atoms with Crippen molar-refractivity contribution in [2.45, 2.75) is 19.3 Å². The van der Waals surface area contributed by atoms with Gasteiger partial charge in [0.05, 0.1) is 24.1 Å². The normalized spacial score (nSPS) is 18.9. The first-order valence-corrected chi connectivity index (χ1v) is 7.06. The van der Waals surface area contributed by atoms with E-state index in [1.807, 2.05) is 18.2 Å². The second-order valence-corrected chi connectivity index (χ2v) is 5.49. The zero-order valence-electron chi connectivity index (χ0n) is 11.6. The maximum Gasteiger partial charge on any atom is 0.308 e. The Morgan fingerprint density at radius 1 is 1.43 bits per heavy atom. The molecule has 0 spiro atoms. The Balaban J connectivity index is 1.69. The molecular weight excluding hydrogens is 270 g/mol. The molecule has 21 heavy (non-hydrogen) atoms. The van der Waals surface area contributed by atoms with E-state index in [1.54, 1.807) is 11.1 Å². The summed E-state index contributed by atoms with van der Waals surface area (Å²) in [5.74, 6) is -1.26. The molecule has 1 aromatic heterocycles. The highest BCUT2D eigenvalue weighted by molar-refractivity contribution is 5.83. The van der Waals surface area contributed by atoms with Gasteiger partial charge in [-0.3, -0.25) is 14.7 Å². The molecule has 0 radical (unpaired) electrons. The fraction of sp³-hybridized carbons (Fsp3) is 0.400. The lowest BCUT2D eigenvalue weighted by Crippen LogP contribution is -2.42. The van der Waals surface area contributed by atoms with Crippen molar-refractivity contribution in [1.82, 2.24) is 15.1 Å². The van der Waals surface area contributed by atoms with Crippen molar-refractivity contribution in [2.75, 3.05) is 13.1 Å². The molecule has 1 aliphatic rings. The van der Waals surface area contributed by atoms with Crippen LogP contribution in [0.5, 0.6) is 0 Å². The van der Waals surface area contributed by atoms with E-state index in [0.717, 1.165) is 22.9 Å². The van der Waals surface area contributed by atoms with Gasteiger partial charge in [-0.05, 0) is 24.5 Å². The van der Waals surface area contributed by atoms with Crippen LogP contribution >= 0.6 is 0 Å². The van der Waals surface area contributed by atoms with Crippen molar-refractivity contribution in [1.29, 1.82) is 0 Å². The highest BCUT2D eigenvalue weighted by Gasteiger charge is 2.27. The third-order valence-electron chi connectivity index (χ3n) is 3.99. The van der Waals surface area contributed by atoms with E-state index in [9.17, 15) is 9.59 Å². The molecule has 1 atom stereocenters. The number of likely N-dealkylation sites (tertiary alicyclic amines) is 1. The second kappa shape index (κ2) is 5.55. The molecule has 1 fully saturated rings. The van der Waals surface area contributed by atoms with Crippen LogP contribution in [-0.2, 0) is 16.0 Å². The maximum atomic E-state index is 12.3. The third kappa shape index (κ3) is 2.89. The van der Waals surface area contributed by atoms with E-state index in [4.69, 9.17) is 5.11 Å². The molecular formula is C15H17N3O3. The van der Waals surface area contributed by atoms with Crippen molar-refractivity contribution in [2.24, 2.45) is 5.92 Å². The molecule has 2 N–H and O–H groups in total. The van der Waals surface area contributed by atoms with Gasteiger partial charge in [-0.15, -0.1) is 0 Å². The summed E-state index contributed by atoms with van der Waals surface area (Å²) in [7, 11) is 0. The van der Waals surface area contributed by atoms with Crippen LogP contribution in [0.15, 0.2) is 24.4 Å². The van der Waals surface area contributed by atoms with Crippen molar-refractivity contribution < 1.29 is 14.7 Å². The Labute approximate surface area is 121 Å². The lowest BCUT2D eigenvalue weighted by atomic mass is 9.97. The first kappa shape index (κ1) is 13.6. The fourth-order valence-electron chi connectivity index (χ4n) is 2.79. The molecule has 3 rings (SSSR count). The quantitative estimate of drug-likeness (QED) is 0.894. The molecule has 1 amide bonds. The van der Waals surface area contributed by atoms with E-state index < -0.39 is 11.9 Å². The number of carboxylic acids is 1. The van der Waals surface area contributed by atoms with Gasteiger partial charge in [-0.2, -0.15) is 5.10 Å². The van der Waals surface area contributed by atoms with Gasteiger partial charge in [-0.1, -0.05) is 12.1 Å². The summed E-state index contributed by atoms with van der Waals surface area (Å²) in [6.45, 7) is 0.968. The minimum atomic E-state index is -0.814. The number of amides is 1. The minimum Gasteiger partial charge on any atom is -0.481 e. The van der Waals surface area contributed by atoms with Gasteiger partial charge < -0.3 is 10.0 Å². The molecule has 2 heterocycles. The van der Waals surface area contributed by atoms with Gasteiger partial charge in [-0.25, -0.2) is 0 Å². The number of nitrogens with one attached hydrogen (secondary N) is 1. The average molecular weight is 287 g/mol. The molecule has 110 valence electrons. The fourth-order valence-corrected chi connectivity index (χ4v) is 2.79. The van der Waals surface area contributed by atoms with Crippen molar-refractivity contribution in [3.8, 4) is 0 Å². The van der Waals surface area contributed by atoms with Crippen LogP contribution in [0.25, 0.3) is 10.9 Å². The van der Waals surface area contributed by atoms with Gasteiger partial charge in [0, 0.05) is 18.5 Å². The van der Waals surface area contributed by atoms with Crippen LogP contribution in [0.3, 0.4) is 0 Å². The smallest absolute Gasteiger partial charge is 0.308 e. The summed E-state index contributed by atoms with van der Waals surface area (Å²) < 4.78 is 0. The van der Waals surface area contributed by atoms with Gasteiger partial charge in [0.25, 0.3) is 0 Å². The number of aliphatic carboxylic acids is 1. The van der Waals surface area contributed by atoms with Crippen LogP contribution in [0.2, 0.25) is 0 Å². The van der Waals surface area contributed by atoms with Crippen LogP contribution in [0, 0.1) is 5.92 Å². The lowest BCUT2D eigenvalue weighted by molar-refractivity contribution is -0.145. The summed E-state index contributed by atoms with van der Waals surface area (Å²) in [5, 5.41) is 16.9. The van der Waals surface area contributed by atoms with E-state index in [0.29, 0.717) is 25.9 Å². The topological polar surface area (TPSA) is 86.3 Å². The molecule has 1 unspecified atom stereocenters. The first-order valence-electron chi connectivity index (χ1n) is 7.06.